The molecule has 0 aromatic carbocycles. The lowest BCUT2D eigenvalue weighted by Gasteiger charge is -2.37. The summed E-state index contributed by atoms with van der Waals surface area (Å²) in [4.78, 5) is 9.08. The second-order valence-corrected chi connectivity index (χ2v) is 4.86. The van der Waals surface area contributed by atoms with Crippen LogP contribution >= 0.6 is 0 Å². The maximum Gasteiger partial charge on any atom is 0.137 e. The number of aromatic nitrogens is 1. The van der Waals surface area contributed by atoms with Crippen molar-refractivity contribution in [3.05, 3.63) is 18.3 Å². The van der Waals surface area contributed by atoms with E-state index in [2.05, 4.69) is 34.2 Å². The standard InChI is InChI=1S/C13H22N4O/c1-16-6-7-17(2)11(10-16)8-14-13-5-4-12(18-3)9-15-13/h4-5,9,11H,6-8,10H2,1-3H3,(H,14,15). The lowest BCUT2D eigenvalue weighted by atomic mass is 10.2. The predicted octanol–water partition coefficient (Wildman–Crippen LogP) is 0.748. The van der Waals surface area contributed by atoms with Gasteiger partial charge in [-0.05, 0) is 26.2 Å². The highest BCUT2D eigenvalue weighted by molar-refractivity contribution is 5.37. The smallest absolute Gasteiger partial charge is 0.137 e. The number of ether oxygens (including phenoxy) is 1. The zero-order valence-electron chi connectivity index (χ0n) is 11.4. The summed E-state index contributed by atoms with van der Waals surface area (Å²) in [6.07, 6.45) is 1.74. The fraction of sp³-hybridized carbons (Fsp3) is 0.615. The largest absolute Gasteiger partial charge is 0.495 e. The average molecular weight is 250 g/mol. The average Bonchev–Trinajstić information content (AvgIpc) is 2.40. The summed E-state index contributed by atoms with van der Waals surface area (Å²) < 4.78 is 5.09. The minimum absolute atomic E-state index is 0.535. The van der Waals surface area contributed by atoms with E-state index in [0.717, 1.165) is 37.7 Å². The van der Waals surface area contributed by atoms with Crippen LogP contribution in [0, 0.1) is 0 Å². The van der Waals surface area contributed by atoms with E-state index in [0.29, 0.717) is 6.04 Å². The molecule has 0 amide bonds. The number of anilines is 1. The van der Waals surface area contributed by atoms with Crippen LogP contribution in [0.15, 0.2) is 18.3 Å². The van der Waals surface area contributed by atoms with E-state index < -0.39 is 0 Å². The third kappa shape index (κ3) is 3.34. The fourth-order valence-electron chi connectivity index (χ4n) is 2.15. The first-order valence-corrected chi connectivity index (χ1v) is 6.31. The summed E-state index contributed by atoms with van der Waals surface area (Å²) in [5.74, 6) is 1.69. The molecule has 1 N–H and O–H groups in total. The van der Waals surface area contributed by atoms with Crippen LogP contribution in [-0.4, -0.2) is 68.2 Å². The zero-order chi connectivity index (χ0) is 13.0. The van der Waals surface area contributed by atoms with Crippen molar-refractivity contribution in [1.29, 1.82) is 0 Å². The zero-order valence-corrected chi connectivity index (χ0v) is 11.4. The van der Waals surface area contributed by atoms with E-state index in [-0.39, 0.29) is 0 Å². The second kappa shape index (κ2) is 6.02. The van der Waals surface area contributed by atoms with Gasteiger partial charge in [0.05, 0.1) is 13.3 Å². The lowest BCUT2D eigenvalue weighted by molar-refractivity contribution is 0.122. The Bertz CT molecular complexity index is 368. The molecule has 100 valence electrons. The Labute approximate surface area is 109 Å². The fourth-order valence-corrected chi connectivity index (χ4v) is 2.15. The number of likely N-dealkylation sites (N-methyl/N-ethyl adjacent to an activating group) is 2. The molecule has 1 aromatic heterocycles. The third-order valence-corrected chi connectivity index (χ3v) is 3.47. The first-order chi connectivity index (χ1) is 8.69. The van der Waals surface area contributed by atoms with E-state index >= 15 is 0 Å². The number of hydrogen-bond acceptors (Lipinski definition) is 5. The van der Waals surface area contributed by atoms with Gasteiger partial charge in [-0.15, -0.1) is 0 Å². The molecule has 1 unspecified atom stereocenters. The molecule has 1 fully saturated rings. The molecule has 1 aliphatic rings. The van der Waals surface area contributed by atoms with Gasteiger partial charge < -0.3 is 15.0 Å². The van der Waals surface area contributed by atoms with Gasteiger partial charge >= 0.3 is 0 Å². The molecule has 0 aliphatic carbocycles. The lowest BCUT2D eigenvalue weighted by Crippen LogP contribution is -2.52. The molecule has 1 aliphatic heterocycles. The SMILES string of the molecule is COc1ccc(NCC2CN(C)CCN2C)nc1. The summed E-state index contributed by atoms with van der Waals surface area (Å²) in [7, 11) is 6.00. The van der Waals surface area contributed by atoms with Crippen molar-refractivity contribution in [3.63, 3.8) is 0 Å². The van der Waals surface area contributed by atoms with E-state index in [9.17, 15) is 0 Å². The number of piperazine rings is 1. The molecule has 18 heavy (non-hydrogen) atoms. The molecule has 1 aromatic rings. The summed E-state index contributed by atoms with van der Waals surface area (Å²) in [6.45, 7) is 4.28. The highest BCUT2D eigenvalue weighted by Gasteiger charge is 2.21. The predicted molar refractivity (Wildman–Crippen MR) is 73.2 cm³/mol. The summed E-state index contributed by atoms with van der Waals surface area (Å²) in [5, 5.41) is 3.38. The number of nitrogens with one attached hydrogen (secondary N) is 1. The van der Waals surface area contributed by atoms with E-state index in [1.54, 1.807) is 13.3 Å². The molecular formula is C13H22N4O. The topological polar surface area (TPSA) is 40.6 Å². The first kappa shape index (κ1) is 13.1. The number of methoxy groups -OCH3 is 1. The van der Waals surface area contributed by atoms with Crippen LogP contribution in [0.25, 0.3) is 0 Å². The Morgan fingerprint density at radius 2 is 2.22 bits per heavy atom. The van der Waals surface area contributed by atoms with Gasteiger partial charge in [-0.1, -0.05) is 0 Å². The molecule has 0 spiro atoms. The summed E-state index contributed by atoms with van der Waals surface area (Å²) in [6, 6.07) is 4.41. The van der Waals surface area contributed by atoms with Crippen LogP contribution in [0.5, 0.6) is 5.75 Å². The number of nitrogens with zero attached hydrogens (tertiary/aromatic N) is 3. The van der Waals surface area contributed by atoms with Gasteiger partial charge in [0.2, 0.25) is 0 Å². The van der Waals surface area contributed by atoms with Crippen molar-refractivity contribution in [2.45, 2.75) is 6.04 Å². The van der Waals surface area contributed by atoms with Crippen LogP contribution in [0.3, 0.4) is 0 Å². The highest BCUT2D eigenvalue weighted by atomic mass is 16.5. The van der Waals surface area contributed by atoms with Crippen LogP contribution in [-0.2, 0) is 0 Å². The minimum atomic E-state index is 0.535. The molecule has 0 radical (unpaired) electrons. The molecule has 1 saturated heterocycles. The number of pyridine rings is 1. The van der Waals surface area contributed by atoms with Gasteiger partial charge in [-0.3, -0.25) is 4.90 Å². The maximum absolute atomic E-state index is 5.09. The van der Waals surface area contributed by atoms with Crippen molar-refractivity contribution < 1.29 is 4.74 Å². The Morgan fingerprint density at radius 1 is 1.39 bits per heavy atom. The molecule has 5 nitrogen and oxygen atoms in total. The van der Waals surface area contributed by atoms with Crippen molar-refractivity contribution in [2.75, 3.05) is 52.7 Å². The molecular weight excluding hydrogens is 228 g/mol. The Balaban J connectivity index is 1.86. The van der Waals surface area contributed by atoms with Gasteiger partial charge in [0.15, 0.2) is 0 Å². The Morgan fingerprint density at radius 3 is 2.89 bits per heavy atom. The van der Waals surface area contributed by atoms with E-state index in [1.165, 1.54) is 0 Å². The van der Waals surface area contributed by atoms with Crippen molar-refractivity contribution in [1.82, 2.24) is 14.8 Å². The van der Waals surface area contributed by atoms with Crippen molar-refractivity contribution >= 4 is 5.82 Å². The Kier molecular flexibility index (Phi) is 4.38. The van der Waals surface area contributed by atoms with Crippen molar-refractivity contribution in [3.8, 4) is 5.75 Å². The molecule has 1 atom stereocenters. The number of hydrogen-bond donors (Lipinski definition) is 1. The maximum atomic E-state index is 5.09. The summed E-state index contributed by atoms with van der Waals surface area (Å²) >= 11 is 0. The number of rotatable bonds is 4. The van der Waals surface area contributed by atoms with Gasteiger partial charge in [0, 0.05) is 32.2 Å². The first-order valence-electron chi connectivity index (χ1n) is 6.31. The molecule has 2 heterocycles. The molecule has 0 bridgehead atoms. The molecule has 2 rings (SSSR count). The summed E-state index contributed by atoms with van der Waals surface area (Å²) in [5.41, 5.74) is 0. The quantitative estimate of drug-likeness (QED) is 0.854. The molecule has 0 saturated carbocycles. The van der Waals surface area contributed by atoms with E-state index in [1.807, 2.05) is 12.1 Å². The van der Waals surface area contributed by atoms with Crippen LogP contribution < -0.4 is 10.1 Å². The third-order valence-electron chi connectivity index (χ3n) is 3.47. The van der Waals surface area contributed by atoms with Gasteiger partial charge in [0.25, 0.3) is 0 Å². The van der Waals surface area contributed by atoms with Crippen LogP contribution in [0.4, 0.5) is 5.82 Å². The van der Waals surface area contributed by atoms with Gasteiger partial charge in [-0.2, -0.15) is 0 Å². The Hall–Kier alpha value is -1.33. The molecule has 5 heteroatoms. The van der Waals surface area contributed by atoms with Crippen molar-refractivity contribution in [2.24, 2.45) is 0 Å². The monoisotopic (exact) mass is 250 g/mol. The normalized spacial score (nSPS) is 21.8. The van der Waals surface area contributed by atoms with Crippen LogP contribution in [0.2, 0.25) is 0 Å². The van der Waals surface area contributed by atoms with Crippen LogP contribution in [0.1, 0.15) is 0 Å². The van der Waals surface area contributed by atoms with Gasteiger partial charge in [0.1, 0.15) is 11.6 Å². The van der Waals surface area contributed by atoms with E-state index in [4.69, 9.17) is 4.74 Å². The minimum Gasteiger partial charge on any atom is -0.495 e. The van der Waals surface area contributed by atoms with Gasteiger partial charge in [-0.25, -0.2) is 4.98 Å². The highest BCUT2D eigenvalue weighted by Crippen LogP contribution is 2.12. The second-order valence-electron chi connectivity index (χ2n) is 4.86.